The summed E-state index contributed by atoms with van der Waals surface area (Å²) in [5, 5.41) is 3.39. The highest BCUT2D eigenvalue weighted by atomic mass is 16.7. The molecule has 17 heavy (non-hydrogen) atoms. The monoisotopic (exact) mass is 231 g/mol. The van der Waals surface area contributed by atoms with E-state index in [1.807, 2.05) is 12.1 Å². The van der Waals surface area contributed by atoms with E-state index in [9.17, 15) is 0 Å². The van der Waals surface area contributed by atoms with Crippen LogP contribution in [0, 0.1) is 12.3 Å². The number of benzene rings is 1. The number of fused-ring (bicyclic) bond motifs is 1. The first-order chi connectivity index (χ1) is 8.40. The summed E-state index contributed by atoms with van der Waals surface area (Å²) in [5.41, 5.74) is 1.21. The van der Waals surface area contributed by atoms with Crippen LogP contribution in [0.3, 0.4) is 0 Å². The number of hydrogen-bond acceptors (Lipinski definition) is 3. The molecule has 0 unspecified atom stereocenters. The van der Waals surface area contributed by atoms with Crippen molar-refractivity contribution in [3.8, 4) is 23.8 Å². The van der Waals surface area contributed by atoms with Crippen molar-refractivity contribution >= 4 is 0 Å². The van der Waals surface area contributed by atoms with Crippen LogP contribution in [0.1, 0.15) is 24.8 Å². The Balaban J connectivity index is 1.71. The van der Waals surface area contributed by atoms with E-state index in [-0.39, 0.29) is 0 Å². The highest BCUT2D eigenvalue weighted by Gasteiger charge is 2.12. The molecule has 0 aliphatic carbocycles. The molecule has 0 atom stereocenters. The van der Waals surface area contributed by atoms with Gasteiger partial charge in [-0.3, -0.25) is 0 Å². The van der Waals surface area contributed by atoms with Crippen LogP contribution in [0.15, 0.2) is 18.2 Å². The van der Waals surface area contributed by atoms with E-state index >= 15 is 0 Å². The largest absolute Gasteiger partial charge is 0.454 e. The summed E-state index contributed by atoms with van der Waals surface area (Å²) in [5.74, 6) is 4.33. The Morgan fingerprint density at radius 3 is 3.00 bits per heavy atom. The first-order valence-electron chi connectivity index (χ1n) is 5.93. The SMILES string of the molecule is C#CCCCCNCc1ccc2c(c1)OCO2. The van der Waals surface area contributed by atoms with Gasteiger partial charge in [0.2, 0.25) is 6.79 Å². The molecule has 0 amide bonds. The van der Waals surface area contributed by atoms with E-state index in [2.05, 4.69) is 17.3 Å². The number of unbranched alkanes of at least 4 members (excludes halogenated alkanes) is 2. The minimum absolute atomic E-state index is 0.332. The van der Waals surface area contributed by atoms with Crippen LogP contribution in [0.25, 0.3) is 0 Å². The minimum Gasteiger partial charge on any atom is -0.454 e. The summed E-state index contributed by atoms with van der Waals surface area (Å²) >= 11 is 0. The van der Waals surface area contributed by atoms with Gasteiger partial charge in [-0.05, 0) is 37.1 Å². The summed E-state index contributed by atoms with van der Waals surface area (Å²) in [7, 11) is 0. The van der Waals surface area contributed by atoms with Gasteiger partial charge in [0.25, 0.3) is 0 Å². The van der Waals surface area contributed by atoms with Crippen LogP contribution in [-0.4, -0.2) is 13.3 Å². The summed E-state index contributed by atoms with van der Waals surface area (Å²) in [6.45, 7) is 2.18. The average molecular weight is 231 g/mol. The van der Waals surface area contributed by atoms with E-state index in [0.717, 1.165) is 43.9 Å². The zero-order valence-corrected chi connectivity index (χ0v) is 9.87. The third-order valence-corrected chi connectivity index (χ3v) is 2.69. The Bertz CT molecular complexity index is 409. The summed E-state index contributed by atoms with van der Waals surface area (Å²) in [6, 6.07) is 6.04. The van der Waals surface area contributed by atoms with Crippen molar-refractivity contribution in [1.82, 2.24) is 5.32 Å². The second-order valence-electron chi connectivity index (χ2n) is 4.03. The Labute approximate surface area is 102 Å². The van der Waals surface area contributed by atoms with E-state index in [1.165, 1.54) is 5.56 Å². The molecule has 1 aromatic rings. The van der Waals surface area contributed by atoms with Gasteiger partial charge >= 0.3 is 0 Å². The lowest BCUT2D eigenvalue weighted by Crippen LogP contribution is -2.14. The molecule has 90 valence electrons. The molecule has 0 bridgehead atoms. The van der Waals surface area contributed by atoms with Gasteiger partial charge in [-0.2, -0.15) is 0 Å². The fourth-order valence-corrected chi connectivity index (χ4v) is 1.76. The zero-order chi connectivity index (χ0) is 11.9. The number of nitrogens with one attached hydrogen (secondary N) is 1. The molecule has 1 heterocycles. The highest BCUT2D eigenvalue weighted by Crippen LogP contribution is 2.32. The van der Waals surface area contributed by atoms with Crippen LogP contribution >= 0.6 is 0 Å². The molecule has 0 radical (unpaired) electrons. The molecule has 0 saturated heterocycles. The van der Waals surface area contributed by atoms with Crippen molar-refractivity contribution in [3.05, 3.63) is 23.8 Å². The highest BCUT2D eigenvalue weighted by molar-refractivity contribution is 5.44. The lowest BCUT2D eigenvalue weighted by molar-refractivity contribution is 0.174. The van der Waals surface area contributed by atoms with E-state index in [4.69, 9.17) is 15.9 Å². The van der Waals surface area contributed by atoms with Gasteiger partial charge in [0.15, 0.2) is 11.5 Å². The smallest absolute Gasteiger partial charge is 0.231 e. The summed E-state index contributed by atoms with van der Waals surface area (Å²) in [4.78, 5) is 0. The van der Waals surface area contributed by atoms with Crippen LogP contribution in [0.2, 0.25) is 0 Å². The second kappa shape index (κ2) is 6.17. The average Bonchev–Trinajstić information content (AvgIpc) is 2.81. The Morgan fingerprint density at radius 1 is 1.24 bits per heavy atom. The normalized spacial score (nSPS) is 12.4. The first kappa shape index (κ1) is 11.8. The molecule has 0 spiro atoms. The Hall–Kier alpha value is -1.66. The van der Waals surface area contributed by atoms with Crippen molar-refractivity contribution in [2.45, 2.75) is 25.8 Å². The molecule has 3 nitrogen and oxygen atoms in total. The Kier molecular flexibility index (Phi) is 4.29. The number of rotatable bonds is 6. The van der Waals surface area contributed by atoms with Crippen LogP contribution in [0.5, 0.6) is 11.5 Å². The minimum atomic E-state index is 0.332. The number of hydrogen-bond donors (Lipinski definition) is 1. The predicted octanol–water partition coefficient (Wildman–Crippen LogP) is 2.31. The van der Waals surface area contributed by atoms with Gasteiger partial charge in [0.1, 0.15) is 0 Å². The third kappa shape index (κ3) is 3.40. The van der Waals surface area contributed by atoms with E-state index < -0.39 is 0 Å². The maximum absolute atomic E-state index is 5.33. The lowest BCUT2D eigenvalue weighted by Gasteiger charge is -2.05. The summed E-state index contributed by atoms with van der Waals surface area (Å²) in [6.07, 6.45) is 8.26. The maximum Gasteiger partial charge on any atom is 0.231 e. The molecule has 2 rings (SSSR count). The third-order valence-electron chi connectivity index (χ3n) is 2.69. The Morgan fingerprint density at radius 2 is 2.12 bits per heavy atom. The fraction of sp³-hybridized carbons (Fsp3) is 0.429. The standard InChI is InChI=1S/C14H17NO2/c1-2-3-4-5-8-15-10-12-6-7-13-14(9-12)17-11-16-13/h1,6-7,9,15H,3-5,8,10-11H2. The van der Waals surface area contributed by atoms with Crippen molar-refractivity contribution < 1.29 is 9.47 Å². The van der Waals surface area contributed by atoms with Crippen molar-refractivity contribution in [2.75, 3.05) is 13.3 Å². The molecular weight excluding hydrogens is 214 g/mol. The van der Waals surface area contributed by atoms with Gasteiger partial charge < -0.3 is 14.8 Å². The van der Waals surface area contributed by atoms with Gasteiger partial charge in [-0.15, -0.1) is 12.3 Å². The van der Waals surface area contributed by atoms with Crippen LogP contribution in [-0.2, 0) is 6.54 Å². The topological polar surface area (TPSA) is 30.5 Å². The molecular formula is C14H17NO2. The fourth-order valence-electron chi connectivity index (χ4n) is 1.76. The molecule has 0 fully saturated rings. The first-order valence-corrected chi connectivity index (χ1v) is 5.93. The number of ether oxygens (including phenoxy) is 2. The van der Waals surface area contributed by atoms with Crippen molar-refractivity contribution in [3.63, 3.8) is 0 Å². The van der Waals surface area contributed by atoms with Gasteiger partial charge in [0.05, 0.1) is 0 Å². The van der Waals surface area contributed by atoms with Crippen molar-refractivity contribution in [2.24, 2.45) is 0 Å². The molecule has 0 saturated carbocycles. The van der Waals surface area contributed by atoms with Crippen LogP contribution in [0.4, 0.5) is 0 Å². The lowest BCUT2D eigenvalue weighted by atomic mass is 10.2. The van der Waals surface area contributed by atoms with Gasteiger partial charge in [-0.1, -0.05) is 6.07 Å². The van der Waals surface area contributed by atoms with Gasteiger partial charge in [0, 0.05) is 13.0 Å². The van der Waals surface area contributed by atoms with E-state index in [1.54, 1.807) is 0 Å². The molecule has 3 heteroatoms. The van der Waals surface area contributed by atoms with Gasteiger partial charge in [-0.25, -0.2) is 0 Å². The molecule has 1 aromatic carbocycles. The van der Waals surface area contributed by atoms with Crippen molar-refractivity contribution in [1.29, 1.82) is 0 Å². The number of terminal acetylenes is 1. The van der Waals surface area contributed by atoms with Crippen LogP contribution < -0.4 is 14.8 Å². The quantitative estimate of drug-likeness (QED) is 0.602. The maximum atomic E-state index is 5.33. The molecule has 0 aromatic heterocycles. The summed E-state index contributed by atoms with van der Waals surface area (Å²) < 4.78 is 10.6. The molecule has 1 N–H and O–H groups in total. The second-order valence-corrected chi connectivity index (χ2v) is 4.03. The molecule has 1 aliphatic rings. The molecule has 1 aliphatic heterocycles. The van der Waals surface area contributed by atoms with E-state index in [0.29, 0.717) is 6.79 Å². The zero-order valence-electron chi connectivity index (χ0n) is 9.87. The predicted molar refractivity (Wildman–Crippen MR) is 67.0 cm³/mol.